The van der Waals surface area contributed by atoms with Gasteiger partial charge in [-0.2, -0.15) is 0 Å². The molecule has 27 heavy (non-hydrogen) atoms. The van der Waals surface area contributed by atoms with E-state index in [1.807, 2.05) is 0 Å². The number of amides is 2. The van der Waals surface area contributed by atoms with Crippen LogP contribution in [-0.4, -0.2) is 45.0 Å². The molecule has 146 valence electrons. The standard InChI is InChI=1S/C17H19ClN2O6S/c18-13-8-11(9-14-16(13)26-6-1-5-25-14)2-3-15(21)19-20-17(22)12-4-7-27(23,24)10-12/h2-3,8-9,12H,1,4-7,10H2,(H,19,21)(H,20,22)/b3-2+/t12-/m0/s1. The summed E-state index contributed by atoms with van der Waals surface area (Å²) in [5.74, 6) is -0.932. The Morgan fingerprint density at radius 1 is 1.19 bits per heavy atom. The predicted octanol–water partition coefficient (Wildman–Crippen LogP) is 1.10. The zero-order valence-corrected chi connectivity index (χ0v) is 15.9. The molecule has 3 rings (SSSR count). The van der Waals surface area contributed by atoms with E-state index in [4.69, 9.17) is 21.1 Å². The van der Waals surface area contributed by atoms with Crippen molar-refractivity contribution in [3.63, 3.8) is 0 Å². The molecule has 0 aromatic heterocycles. The Bertz CT molecular complexity index is 884. The van der Waals surface area contributed by atoms with Crippen molar-refractivity contribution in [2.24, 2.45) is 5.92 Å². The van der Waals surface area contributed by atoms with Crippen LogP contribution < -0.4 is 20.3 Å². The van der Waals surface area contributed by atoms with Crippen LogP contribution in [0.15, 0.2) is 18.2 Å². The second-order valence-electron chi connectivity index (χ2n) is 6.29. The number of hydrazine groups is 1. The van der Waals surface area contributed by atoms with Crippen LogP contribution in [0.5, 0.6) is 11.5 Å². The molecule has 1 fully saturated rings. The summed E-state index contributed by atoms with van der Waals surface area (Å²) in [7, 11) is -3.16. The van der Waals surface area contributed by atoms with Gasteiger partial charge < -0.3 is 9.47 Å². The number of hydrogen-bond donors (Lipinski definition) is 2. The fraction of sp³-hybridized carbons (Fsp3) is 0.412. The summed E-state index contributed by atoms with van der Waals surface area (Å²) in [5, 5.41) is 0.380. The lowest BCUT2D eigenvalue weighted by Crippen LogP contribution is -2.44. The maximum atomic E-state index is 11.9. The molecule has 10 heteroatoms. The van der Waals surface area contributed by atoms with Gasteiger partial charge in [-0.15, -0.1) is 0 Å². The van der Waals surface area contributed by atoms with Crippen LogP contribution in [-0.2, 0) is 19.4 Å². The van der Waals surface area contributed by atoms with Crippen LogP contribution in [0.1, 0.15) is 18.4 Å². The largest absolute Gasteiger partial charge is 0.489 e. The van der Waals surface area contributed by atoms with Crippen molar-refractivity contribution in [2.75, 3.05) is 24.7 Å². The lowest BCUT2D eigenvalue weighted by Gasteiger charge is -2.10. The van der Waals surface area contributed by atoms with Gasteiger partial charge in [-0.3, -0.25) is 20.4 Å². The molecular formula is C17H19ClN2O6S. The highest BCUT2D eigenvalue weighted by atomic mass is 35.5. The van der Waals surface area contributed by atoms with E-state index in [0.29, 0.717) is 35.3 Å². The van der Waals surface area contributed by atoms with Crippen molar-refractivity contribution in [3.05, 3.63) is 28.8 Å². The molecule has 8 nitrogen and oxygen atoms in total. The number of rotatable bonds is 3. The number of sulfone groups is 1. The third-order valence-electron chi connectivity index (χ3n) is 4.16. The van der Waals surface area contributed by atoms with E-state index in [2.05, 4.69) is 10.9 Å². The molecular weight excluding hydrogens is 396 g/mol. The number of fused-ring (bicyclic) bond motifs is 1. The van der Waals surface area contributed by atoms with Crippen molar-refractivity contribution in [1.82, 2.24) is 10.9 Å². The SMILES string of the molecule is O=C(/C=C/c1cc(Cl)c2c(c1)OCCCO2)NNC(=O)[C@H]1CCS(=O)(=O)C1. The summed E-state index contributed by atoms with van der Waals surface area (Å²) in [6.45, 7) is 1.03. The molecule has 2 amide bonds. The number of nitrogens with one attached hydrogen (secondary N) is 2. The van der Waals surface area contributed by atoms with E-state index in [9.17, 15) is 18.0 Å². The Kier molecular flexibility index (Phi) is 5.91. The Morgan fingerprint density at radius 3 is 2.70 bits per heavy atom. The molecule has 1 aromatic carbocycles. The summed E-state index contributed by atoms with van der Waals surface area (Å²) in [6.07, 6.45) is 3.75. The molecule has 2 heterocycles. The minimum Gasteiger partial charge on any atom is -0.489 e. The van der Waals surface area contributed by atoms with Gasteiger partial charge in [0.2, 0.25) is 5.91 Å². The maximum Gasteiger partial charge on any atom is 0.262 e. The zero-order valence-electron chi connectivity index (χ0n) is 14.4. The molecule has 0 unspecified atom stereocenters. The molecule has 1 saturated heterocycles. The lowest BCUT2D eigenvalue weighted by atomic mass is 10.1. The van der Waals surface area contributed by atoms with Crippen LogP contribution in [0.3, 0.4) is 0 Å². The normalized spacial score (nSPS) is 20.9. The first-order valence-electron chi connectivity index (χ1n) is 8.41. The summed E-state index contributed by atoms with van der Waals surface area (Å²) in [6, 6.07) is 3.35. The second kappa shape index (κ2) is 8.18. The lowest BCUT2D eigenvalue weighted by molar-refractivity contribution is -0.129. The van der Waals surface area contributed by atoms with E-state index < -0.39 is 27.6 Å². The van der Waals surface area contributed by atoms with E-state index in [-0.39, 0.29) is 17.9 Å². The average molecular weight is 415 g/mol. The van der Waals surface area contributed by atoms with Gasteiger partial charge in [-0.05, 0) is 30.2 Å². The Labute approximate surface area is 161 Å². The summed E-state index contributed by atoms with van der Waals surface area (Å²) >= 11 is 6.19. The van der Waals surface area contributed by atoms with Gasteiger partial charge in [0.15, 0.2) is 21.3 Å². The fourth-order valence-electron chi connectivity index (χ4n) is 2.79. The maximum absolute atomic E-state index is 11.9. The molecule has 0 saturated carbocycles. The highest BCUT2D eigenvalue weighted by Gasteiger charge is 2.33. The molecule has 2 aliphatic rings. The van der Waals surface area contributed by atoms with Gasteiger partial charge >= 0.3 is 0 Å². The minimum absolute atomic E-state index is 0.0101. The van der Waals surface area contributed by atoms with E-state index >= 15 is 0 Å². The first kappa shape index (κ1) is 19.5. The van der Waals surface area contributed by atoms with Crippen molar-refractivity contribution in [3.8, 4) is 11.5 Å². The van der Waals surface area contributed by atoms with Gasteiger partial charge in [0.25, 0.3) is 5.91 Å². The molecule has 0 aliphatic carbocycles. The van der Waals surface area contributed by atoms with E-state index in [1.165, 1.54) is 12.2 Å². The molecule has 0 radical (unpaired) electrons. The highest BCUT2D eigenvalue weighted by molar-refractivity contribution is 7.91. The quantitative estimate of drug-likeness (QED) is 0.566. The van der Waals surface area contributed by atoms with Gasteiger partial charge in [0, 0.05) is 12.5 Å². The highest BCUT2D eigenvalue weighted by Crippen LogP contribution is 2.38. The Morgan fingerprint density at radius 2 is 1.96 bits per heavy atom. The molecule has 0 bridgehead atoms. The zero-order chi connectivity index (χ0) is 19.4. The van der Waals surface area contributed by atoms with Crippen LogP contribution in [0.2, 0.25) is 5.02 Å². The molecule has 0 spiro atoms. The van der Waals surface area contributed by atoms with Gasteiger partial charge in [-0.25, -0.2) is 8.42 Å². The van der Waals surface area contributed by atoms with Crippen molar-refractivity contribution >= 4 is 39.3 Å². The van der Waals surface area contributed by atoms with Crippen molar-refractivity contribution < 1.29 is 27.5 Å². The first-order chi connectivity index (χ1) is 12.8. The summed E-state index contributed by atoms with van der Waals surface area (Å²) in [5.41, 5.74) is 5.11. The number of halogens is 1. The third-order valence-corrected chi connectivity index (χ3v) is 6.21. The topological polar surface area (TPSA) is 111 Å². The number of carbonyl (C=O) groups excluding carboxylic acids is 2. The first-order valence-corrected chi connectivity index (χ1v) is 10.6. The van der Waals surface area contributed by atoms with Crippen molar-refractivity contribution in [1.29, 1.82) is 0 Å². The number of hydrogen-bond acceptors (Lipinski definition) is 6. The summed E-state index contributed by atoms with van der Waals surface area (Å²) in [4.78, 5) is 23.8. The van der Waals surface area contributed by atoms with Crippen molar-refractivity contribution in [2.45, 2.75) is 12.8 Å². The van der Waals surface area contributed by atoms with Gasteiger partial charge in [-0.1, -0.05) is 11.6 Å². The molecule has 1 atom stereocenters. The molecule has 1 aromatic rings. The Balaban J connectivity index is 1.56. The Hall–Kier alpha value is -2.26. The second-order valence-corrected chi connectivity index (χ2v) is 8.93. The minimum atomic E-state index is -3.16. The molecule has 2 aliphatic heterocycles. The van der Waals surface area contributed by atoms with Gasteiger partial charge in [0.1, 0.15) is 0 Å². The average Bonchev–Trinajstić information content (AvgIpc) is 2.83. The smallest absolute Gasteiger partial charge is 0.262 e. The van der Waals surface area contributed by atoms with Crippen LogP contribution in [0.25, 0.3) is 6.08 Å². The van der Waals surface area contributed by atoms with E-state index in [0.717, 1.165) is 6.42 Å². The van der Waals surface area contributed by atoms with Gasteiger partial charge in [0.05, 0.1) is 35.7 Å². The van der Waals surface area contributed by atoms with E-state index in [1.54, 1.807) is 12.1 Å². The molecule has 2 N–H and O–H groups in total. The third kappa shape index (κ3) is 5.14. The number of ether oxygens (including phenoxy) is 2. The monoisotopic (exact) mass is 414 g/mol. The van der Waals surface area contributed by atoms with Crippen LogP contribution in [0, 0.1) is 5.92 Å². The number of benzene rings is 1. The number of carbonyl (C=O) groups is 2. The fourth-order valence-corrected chi connectivity index (χ4v) is 4.80. The summed E-state index contributed by atoms with van der Waals surface area (Å²) < 4.78 is 33.9. The predicted molar refractivity (Wildman–Crippen MR) is 99.1 cm³/mol. The van der Waals surface area contributed by atoms with Crippen LogP contribution >= 0.6 is 11.6 Å². The van der Waals surface area contributed by atoms with Crippen LogP contribution in [0.4, 0.5) is 0 Å².